The zero-order valence-electron chi connectivity index (χ0n) is 11.9. The highest BCUT2D eigenvalue weighted by atomic mass is 19.1. The molecule has 0 atom stereocenters. The van der Waals surface area contributed by atoms with Crippen LogP contribution in [0.4, 0.5) is 10.1 Å². The molecule has 0 unspecified atom stereocenters. The fourth-order valence-corrected chi connectivity index (χ4v) is 2.88. The smallest absolute Gasteiger partial charge is 0.149 e. The van der Waals surface area contributed by atoms with Crippen LogP contribution < -0.4 is 4.90 Å². The lowest BCUT2D eigenvalue weighted by Crippen LogP contribution is -2.36. The SMILES string of the molecule is Cc1cc(N(C)C2CCOCC2)c2cccc(F)c2n1. The lowest BCUT2D eigenvalue weighted by atomic mass is 10.0. The standard InChI is InChI=1S/C16H19FN2O/c1-11-10-15(19(2)12-6-8-20-9-7-12)13-4-3-5-14(17)16(13)18-11/h3-5,10,12H,6-9H2,1-2H3. The average Bonchev–Trinajstić information content (AvgIpc) is 2.48. The summed E-state index contributed by atoms with van der Waals surface area (Å²) in [6.45, 7) is 3.50. The summed E-state index contributed by atoms with van der Waals surface area (Å²) in [5.74, 6) is -0.257. The van der Waals surface area contributed by atoms with E-state index in [0.717, 1.165) is 42.8 Å². The molecule has 1 aliphatic heterocycles. The van der Waals surface area contributed by atoms with E-state index in [1.165, 1.54) is 6.07 Å². The minimum absolute atomic E-state index is 0.257. The molecule has 1 saturated heterocycles. The van der Waals surface area contributed by atoms with Crippen molar-refractivity contribution in [1.82, 2.24) is 4.98 Å². The predicted molar refractivity (Wildman–Crippen MR) is 78.7 cm³/mol. The molecule has 1 aromatic carbocycles. The van der Waals surface area contributed by atoms with Crippen molar-refractivity contribution >= 4 is 16.6 Å². The van der Waals surface area contributed by atoms with Gasteiger partial charge in [0.1, 0.15) is 11.3 Å². The molecule has 3 rings (SSSR count). The van der Waals surface area contributed by atoms with Gasteiger partial charge >= 0.3 is 0 Å². The molecule has 4 heteroatoms. The maximum atomic E-state index is 14.0. The molecule has 0 aliphatic carbocycles. The van der Waals surface area contributed by atoms with Crippen molar-refractivity contribution in [3.63, 3.8) is 0 Å². The van der Waals surface area contributed by atoms with E-state index in [0.29, 0.717) is 11.6 Å². The number of ether oxygens (including phenoxy) is 1. The van der Waals surface area contributed by atoms with E-state index < -0.39 is 0 Å². The zero-order chi connectivity index (χ0) is 14.1. The van der Waals surface area contributed by atoms with Crippen molar-refractivity contribution in [2.45, 2.75) is 25.8 Å². The van der Waals surface area contributed by atoms with Crippen LogP contribution in [0, 0.1) is 12.7 Å². The number of rotatable bonds is 2. The number of aromatic nitrogens is 1. The quantitative estimate of drug-likeness (QED) is 0.840. The molecule has 2 heterocycles. The van der Waals surface area contributed by atoms with Crippen molar-refractivity contribution in [2.24, 2.45) is 0 Å². The van der Waals surface area contributed by atoms with Gasteiger partial charge in [-0.2, -0.15) is 0 Å². The van der Waals surface area contributed by atoms with Crippen molar-refractivity contribution in [1.29, 1.82) is 0 Å². The number of halogens is 1. The van der Waals surface area contributed by atoms with Crippen molar-refractivity contribution < 1.29 is 9.13 Å². The van der Waals surface area contributed by atoms with Crippen LogP contribution in [0.3, 0.4) is 0 Å². The van der Waals surface area contributed by atoms with Crippen LogP contribution in [-0.2, 0) is 4.74 Å². The Labute approximate surface area is 118 Å². The van der Waals surface area contributed by atoms with Crippen molar-refractivity contribution in [2.75, 3.05) is 25.2 Å². The van der Waals surface area contributed by atoms with E-state index in [9.17, 15) is 4.39 Å². The number of para-hydroxylation sites is 1. The Morgan fingerprint density at radius 3 is 2.80 bits per heavy atom. The Morgan fingerprint density at radius 1 is 1.30 bits per heavy atom. The van der Waals surface area contributed by atoms with Crippen LogP contribution in [0.2, 0.25) is 0 Å². The van der Waals surface area contributed by atoms with Crippen LogP contribution in [-0.4, -0.2) is 31.3 Å². The van der Waals surface area contributed by atoms with Gasteiger partial charge in [0, 0.05) is 43.1 Å². The summed E-state index contributed by atoms with van der Waals surface area (Å²) in [6.07, 6.45) is 2.02. The summed E-state index contributed by atoms with van der Waals surface area (Å²) in [5.41, 5.74) is 2.36. The third-order valence-corrected chi connectivity index (χ3v) is 4.02. The third kappa shape index (κ3) is 2.36. The van der Waals surface area contributed by atoms with E-state index in [2.05, 4.69) is 16.9 Å². The van der Waals surface area contributed by atoms with Gasteiger partial charge in [-0.25, -0.2) is 9.37 Å². The highest BCUT2D eigenvalue weighted by Gasteiger charge is 2.21. The summed E-state index contributed by atoms with van der Waals surface area (Å²) in [7, 11) is 2.08. The van der Waals surface area contributed by atoms with Crippen LogP contribution >= 0.6 is 0 Å². The molecule has 1 aromatic heterocycles. The Kier molecular flexibility index (Phi) is 3.57. The summed E-state index contributed by atoms with van der Waals surface area (Å²) in [6, 6.07) is 7.63. The van der Waals surface area contributed by atoms with Crippen molar-refractivity contribution in [3.05, 3.63) is 35.8 Å². The van der Waals surface area contributed by atoms with Gasteiger partial charge in [0.15, 0.2) is 0 Å². The minimum Gasteiger partial charge on any atom is -0.381 e. The maximum Gasteiger partial charge on any atom is 0.149 e. The summed E-state index contributed by atoms with van der Waals surface area (Å²) in [4.78, 5) is 6.59. The molecule has 3 nitrogen and oxygen atoms in total. The monoisotopic (exact) mass is 274 g/mol. The molecule has 0 saturated carbocycles. The summed E-state index contributed by atoms with van der Waals surface area (Å²) < 4.78 is 19.4. The van der Waals surface area contributed by atoms with E-state index in [1.807, 2.05) is 19.1 Å². The number of pyridine rings is 1. The van der Waals surface area contributed by atoms with E-state index >= 15 is 0 Å². The molecule has 20 heavy (non-hydrogen) atoms. The summed E-state index contributed by atoms with van der Waals surface area (Å²) >= 11 is 0. The number of fused-ring (bicyclic) bond motifs is 1. The van der Waals surface area contributed by atoms with Gasteiger partial charge in [0.2, 0.25) is 0 Å². The molecule has 106 valence electrons. The fourth-order valence-electron chi connectivity index (χ4n) is 2.88. The Bertz CT molecular complexity index is 623. The lowest BCUT2D eigenvalue weighted by molar-refractivity contribution is 0.0855. The molecule has 0 spiro atoms. The maximum absolute atomic E-state index is 14.0. The normalized spacial score (nSPS) is 16.6. The number of benzene rings is 1. The van der Waals surface area contributed by atoms with Crippen LogP contribution in [0.1, 0.15) is 18.5 Å². The number of hydrogen-bond acceptors (Lipinski definition) is 3. The number of anilines is 1. The van der Waals surface area contributed by atoms with E-state index in [-0.39, 0.29) is 5.82 Å². The number of nitrogens with zero attached hydrogens (tertiary/aromatic N) is 2. The second-order valence-corrected chi connectivity index (χ2v) is 5.37. The third-order valence-electron chi connectivity index (χ3n) is 4.02. The molecule has 1 aliphatic rings. The Hall–Kier alpha value is -1.68. The van der Waals surface area contributed by atoms with Gasteiger partial charge in [0.25, 0.3) is 0 Å². The topological polar surface area (TPSA) is 25.4 Å². The number of aryl methyl sites for hydroxylation is 1. The summed E-state index contributed by atoms with van der Waals surface area (Å²) in [5, 5.41) is 0.879. The second-order valence-electron chi connectivity index (χ2n) is 5.37. The van der Waals surface area contributed by atoms with E-state index in [1.54, 1.807) is 6.07 Å². The predicted octanol–water partition coefficient (Wildman–Crippen LogP) is 3.30. The first-order valence-electron chi connectivity index (χ1n) is 7.03. The van der Waals surface area contributed by atoms with Gasteiger partial charge in [-0.05, 0) is 31.9 Å². The van der Waals surface area contributed by atoms with Gasteiger partial charge in [-0.15, -0.1) is 0 Å². The fraction of sp³-hybridized carbons (Fsp3) is 0.438. The molecular formula is C16H19FN2O. The molecule has 0 N–H and O–H groups in total. The zero-order valence-corrected chi connectivity index (χ0v) is 11.9. The molecule has 2 aromatic rings. The molecule has 0 bridgehead atoms. The minimum atomic E-state index is -0.257. The van der Waals surface area contributed by atoms with Crippen LogP contribution in [0.15, 0.2) is 24.3 Å². The van der Waals surface area contributed by atoms with Crippen molar-refractivity contribution in [3.8, 4) is 0 Å². The first kappa shape index (κ1) is 13.3. The Balaban J connectivity index is 2.07. The first-order valence-corrected chi connectivity index (χ1v) is 7.03. The first-order chi connectivity index (χ1) is 9.66. The van der Waals surface area contributed by atoms with Gasteiger partial charge in [-0.3, -0.25) is 0 Å². The second kappa shape index (κ2) is 5.37. The molecule has 0 radical (unpaired) electrons. The molecule has 1 fully saturated rings. The van der Waals surface area contributed by atoms with Gasteiger partial charge in [-0.1, -0.05) is 12.1 Å². The highest BCUT2D eigenvalue weighted by Crippen LogP contribution is 2.30. The molecular weight excluding hydrogens is 255 g/mol. The lowest BCUT2D eigenvalue weighted by Gasteiger charge is -2.33. The van der Waals surface area contributed by atoms with Gasteiger partial charge in [0.05, 0.1) is 0 Å². The highest BCUT2D eigenvalue weighted by molar-refractivity contribution is 5.92. The van der Waals surface area contributed by atoms with Gasteiger partial charge < -0.3 is 9.64 Å². The molecule has 0 amide bonds. The van der Waals surface area contributed by atoms with Crippen LogP contribution in [0.25, 0.3) is 10.9 Å². The largest absolute Gasteiger partial charge is 0.381 e. The van der Waals surface area contributed by atoms with Crippen LogP contribution in [0.5, 0.6) is 0 Å². The average molecular weight is 274 g/mol. The Morgan fingerprint density at radius 2 is 2.05 bits per heavy atom. The van der Waals surface area contributed by atoms with E-state index in [4.69, 9.17) is 4.74 Å². The number of hydrogen-bond donors (Lipinski definition) is 0.